The molecule has 0 saturated heterocycles. The highest BCUT2D eigenvalue weighted by Crippen LogP contribution is 2.32. The third kappa shape index (κ3) is 4.86. The largest absolute Gasteiger partial charge is 0.486 e. The molecule has 3 heterocycles. The third-order valence-electron chi connectivity index (χ3n) is 4.10. The van der Waals surface area contributed by atoms with E-state index in [1.165, 1.54) is 11.8 Å². The minimum atomic E-state index is -0.126. The number of nitrogens with one attached hydrogen (secondary N) is 1. The first-order chi connectivity index (χ1) is 14.2. The maximum Gasteiger partial charge on any atom is 0.259 e. The number of anilines is 1. The molecule has 3 aromatic rings. The number of rotatable bonds is 7. The molecule has 0 bridgehead atoms. The first kappa shape index (κ1) is 19.3. The van der Waals surface area contributed by atoms with Crippen LogP contribution in [0.2, 0.25) is 0 Å². The summed E-state index contributed by atoms with van der Waals surface area (Å²) < 4.78 is 16.3. The molecule has 0 fully saturated rings. The van der Waals surface area contributed by atoms with Crippen LogP contribution >= 0.6 is 11.8 Å². The van der Waals surface area contributed by atoms with E-state index in [9.17, 15) is 4.79 Å². The highest BCUT2D eigenvalue weighted by Gasteiger charge is 2.13. The number of benzene rings is 1. The topological polar surface area (TPSA) is 99.4 Å². The lowest BCUT2D eigenvalue weighted by Crippen LogP contribution is -2.17. The smallest absolute Gasteiger partial charge is 0.259 e. The molecule has 2 aromatic heterocycles. The average Bonchev–Trinajstić information content (AvgIpc) is 3.21. The molecule has 9 heteroatoms. The van der Waals surface area contributed by atoms with Gasteiger partial charge >= 0.3 is 0 Å². The number of thioether (sulfide) groups is 1. The third-order valence-corrected chi connectivity index (χ3v) is 5.05. The summed E-state index contributed by atoms with van der Waals surface area (Å²) in [6.45, 7) is 3.10. The van der Waals surface area contributed by atoms with Crippen molar-refractivity contribution in [1.29, 1.82) is 0 Å². The molecule has 1 aromatic carbocycles. The maximum absolute atomic E-state index is 12.2. The highest BCUT2D eigenvalue weighted by atomic mass is 32.2. The van der Waals surface area contributed by atoms with Crippen LogP contribution in [-0.2, 0) is 11.2 Å². The van der Waals surface area contributed by atoms with Gasteiger partial charge in [0.15, 0.2) is 17.3 Å². The number of carbonyl (C=O) groups is 1. The molecule has 4 rings (SSSR count). The van der Waals surface area contributed by atoms with Gasteiger partial charge in [-0.15, -0.1) is 0 Å². The van der Waals surface area contributed by atoms with Gasteiger partial charge in [0.2, 0.25) is 5.91 Å². The lowest BCUT2D eigenvalue weighted by molar-refractivity contribution is -0.113. The predicted molar refractivity (Wildman–Crippen MR) is 108 cm³/mol. The molecule has 0 radical (unpaired) electrons. The Morgan fingerprint density at radius 2 is 2.03 bits per heavy atom. The number of ether oxygens (including phenoxy) is 2. The van der Waals surface area contributed by atoms with E-state index in [4.69, 9.17) is 14.0 Å². The van der Waals surface area contributed by atoms with Crippen molar-refractivity contribution in [3.8, 4) is 23.0 Å². The van der Waals surface area contributed by atoms with Gasteiger partial charge in [-0.1, -0.05) is 23.8 Å². The van der Waals surface area contributed by atoms with Gasteiger partial charge in [0.05, 0.1) is 16.3 Å². The fourth-order valence-corrected chi connectivity index (χ4v) is 3.39. The molecule has 8 nitrogen and oxygen atoms in total. The second-order valence-electron chi connectivity index (χ2n) is 6.35. The number of nitrogens with zero attached hydrogens (tertiary/aromatic N) is 3. The van der Waals surface area contributed by atoms with Crippen LogP contribution in [0.1, 0.15) is 19.2 Å². The normalized spacial score (nSPS) is 12.6. The van der Waals surface area contributed by atoms with Gasteiger partial charge in [-0.2, -0.15) is 4.98 Å². The summed E-state index contributed by atoms with van der Waals surface area (Å²) in [4.78, 5) is 21.0. The van der Waals surface area contributed by atoms with E-state index < -0.39 is 0 Å². The first-order valence-corrected chi connectivity index (χ1v) is 10.3. The van der Waals surface area contributed by atoms with E-state index in [2.05, 4.69) is 27.4 Å². The molecule has 0 atom stereocenters. The van der Waals surface area contributed by atoms with Crippen molar-refractivity contribution in [1.82, 2.24) is 15.1 Å². The summed E-state index contributed by atoms with van der Waals surface area (Å²) in [6, 6.07) is 9.04. The van der Waals surface area contributed by atoms with E-state index in [0.717, 1.165) is 23.4 Å². The number of aryl methyl sites for hydroxylation is 1. The SMILES string of the molecule is CCCc1noc(-c2ccc(SCC(=O)Nc3ccc4c(c3)OCCO4)nc2)n1. The molecule has 0 unspecified atom stereocenters. The van der Waals surface area contributed by atoms with Crippen molar-refractivity contribution in [2.45, 2.75) is 24.8 Å². The Hall–Kier alpha value is -3.07. The molecular weight excluding hydrogens is 392 g/mol. The molecule has 1 amide bonds. The van der Waals surface area contributed by atoms with Crippen molar-refractivity contribution in [3.63, 3.8) is 0 Å². The summed E-state index contributed by atoms with van der Waals surface area (Å²) in [5.41, 5.74) is 1.42. The van der Waals surface area contributed by atoms with Crippen molar-refractivity contribution in [2.75, 3.05) is 24.3 Å². The van der Waals surface area contributed by atoms with Crippen LogP contribution in [0, 0.1) is 0 Å². The minimum Gasteiger partial charge on any atom is -0.486 e. The van der Waals surface area contributed by atoms with Crippen LogP contribution in [0.3, 0.4) is 0 Å². The second kappa shape index (κ2) is 8.95. The van der Waals surface area contributed by atoms with Crippen molar-refractivity contribution >= 4 is 23.4 Å². The Morgan fingerprint density at radius 1 is 1.17 bits per heavy atom. The Kier molecular flexibility index (Phi) is 5.95. The fraction of sp³-hybridized carbons (Fsp3) is 0.300. The Labute approximate surface area is 172 Å². The van der Waals surface area contributed by atoms with Crippen LogP contribution in [0.4, 0.5) is 5.69 Å². The molecule has 0 saturated carbocycles. The number of amides is 1. The van der Waals surface area contributed by atoms with Gasteiger partial charge in [-0.3, -0.25) is 4.79 Å². The molecule has 150 valence electrons. The van der Waals surface area contributed by atoms with Crippen LogP contribution in [-0.4, -0.2) is 40.0 Å². The van der Waals surface area contributed by atoms with Gasteiger partial charge in [0.1, 0.15) is 13.2 Å². The maximum atomic E-state index is 12.2. The van der Waals surface area contributed by atoms with Crippen molar-refractivity contribution in [2.24, 2.45) is 0 Å². The van der Waals surface area contributed by atoms with Crippen LogP contribution in [0.5, 0.6) is 11.5 Å². The summed E-state index contributed by atoms with van der Waals surface area (Å²) in [6.07, 6.45) is 3.41. The summed E-state index contributed by atoms with van der Waals surface area (Å²) in [5.74, 6) is 2.59. The minimum absolute atomic E-state index is 0.126. The van der Waals surface area contributed by atoms with Gasteiger partial charge in [-0.25, -0.2) is 4.98 Å². The Bertz CT molecular complexity index is 990. The Balaban J connectivity index is 1.31. The molecule has 1 N–H and O–H groups in total. The number of aromatic nitrogens is 3. The van der Waals surface area contributed by atoms with E-state index in [1.54, 1.807) is 24.4 Å². The first-order valence-electron chi connectivity index (χ1n) is 9.32. The van der Waals surface area contributed by atoms with E-state index in [-0.39, 0.29) is 11.7 Å². The summed E-state index contributed by atoms with van der Waals surface area (Å²) in [5, 5.41) is 7.54. The van der Waals surface area contributed by atoms with Gasteiger partial charge in [-0.05, 0) is 30.7 Å². The zero-order valence-electron chi connectivity index (χ0n) is 15.9. The lowest BCUT2D eigenvalue weighted by Gasteiger charge is -2.18. The van der Waals surface area contributed by atoms with E-state index >= 15 is 0 Å². The molecule has 0 spiro atoms. The monoisotopic (exact) mass is 412 g/mol. The van der Waals surface area contributed by atoms with Crippen molar-refractivity contribution in [3.05, 3.63) is 42.4 Å². The van der Waals surface area contributed by atoms with Crippen LogP contribution in [0.25, 0.3) is 11.5 Å². The zero-order valence-corrected chi connectivity index (χ0v) is 16.7. The number of hydrogen-bond donors (Lipinski definition) is 1. The van der Waals surface area contributed by atoms with Gasteiger partial charge < -0.3 is 19.3 Å². The van der Waals surface area contributed by atoms with Gasteiger partial charge in [0.25, 0.3) is 5.89 Å². The van der Waals surface area contributed by atoms with Gasteiger partial charge in [0, 0.05) is 24.4 Å². The van der Waals surface area contributed by atoms with Crippen LogP contribution in [0.15, 0.2) is 46.1 Å². The average molecular weight is 412 g/mol. The zero-order chi connectivity index (χ0) is 20.1. The molecular formula is C20H20N4O4S. The van der Waals surface area contributed by atoms with Crippen molar-refractivity contribution < 1.29 is 18.8 Å². The number of hydrogen-bond acceptors (Lipinski definition) is 8. The molecule has 1 aliphatic rings. The molecule has 0 aliphatic carbocycles. The van der Waals surface area contributed by atoms with E-state index in [0.29, 0.717) is 42.1 Å². The second-order valence-corrected chi connectivity index (χ2v) is 7.34. The number of pyridine rings is 1. The Morgan fingerprint density at radius 3 is 2.83 bits per heavy atom. The summed E-state index contributed by atoms with van der Waals surface area (Å²) >= 11 is 1.35. The number of fused-ring (bicyclic) bond motifs is 1. The predicted octanol–water partition coefficient (Wildman–Crippen LogP) is 3.59. The lowest BCUT2D eigenvalue weighted by atomic mass is 10.2. The fourth-order valence-electron chi connectivity index (χ4n) is 2.75. The molecule has 1 aliphatic heterocycles. The number of carbonyl (C=O) groups excluding carboxylic acids is 1. The molecule has 29 heavy (non-hydrogen) atoms. The van der Waals surface area contributed by atoms with E-state index in [1.807, 2.05) is 12.1 Å². The standard InChI is InChI=1S/C20H20N4O4S/c1-2-3-17-23-20(28-24-17)13-4-7-19(21-11-13)29-12-18(25)22-14-5-6-15-16(10-14)27-9-8-26-15/h4-7,10-11H,2-3,8-9,12H2,1H3,(H,22,25). The van der Waals surface area contributed by atoms with Crippen LogP contribution < -0.4 is 14.8 Å². The highest BCUT2D eigenvalue weighted by molar-refractivity contribution is 7.99. The quantitative estimate of drug-likeness (QED) is 0.588. The summed E-state index contributed by atoms with van der Waals surface area (Å²) in [7, 11) is 0.